The van der Waals surface area contributed by atoms with E-state index >= 15 is 0 Å². The van der Waals surface area contributed by atoms with Gasteiger partial charge in [-0.1, -0.05) is 13.3 Å². The normalized spacial score (nSPS) is 11.3. The van der Waals surface area contributed by atoms with Crippen molar-refractivity contribution >= 4 is 35.9 Å². The third-order valence-electron chi connectivity index (χ3n) is 1.44. The Morgan fingerprint density at radius 1 is 1.47 bits per heavy atom. The van der Waals surface area contributed by atoms with Gasteiger partial charge in [0.05, 0.1) is 6.61 Å². The Bertz CT molecular complexity index is 220. The molecular formula is C8H17N3O2S2. The molecule has 0 aromatic rings. The lowest BCUT2D eigenvalue weighted by molar-refractivity contribution is 0.244. The van der Waals surface area contributed by atoms with Gasteiger partial charge < -0.3 is 10.5 Å². The van der Waals surface area contributed by atoms with Gasteiger partial charge in [0.15, 0.2) is 0 Å². The molecule has 0 aliphatic carbocycles. The molecule has 0 aromatic carbocycles. The fraction of sp³-hybridized carbons (Fsp3) is 0.750. The van der Waals surface area contributed by atoms with Crippen molar-refractivity contribution in [1.82, 2.24) is 3.71 Å². The molecule has 2 amide bonds. The van der Waals surface area contributed by atoms with Crippen molar-refractivity contribution in [1.29, 1.82) is 0 Å². The number of carbonyl (C=O) groups is 1. The van der Waals surface area contributed by atoms with E-state index in [1.807, 2.05) is 6.92 Å². The number of nitrogens with zero attached hydrogens (tertiary/aromatic N) is 2. The van der Waals surface area contributed by atoms with E-state index < -0.39 is 6.03 Å². The van der Waals surface area contributed by atoms with Gasteiger partial charge in [-0.05, 0) is 30.3 Å². The van der Waals surface area contributed by atoms with Crippen LogP contribution in [-0.4, -0.2) is 34.9 Å². The zero-order valence-corrected chi connectivity index (χ0v) is 10.9. The molecule has 0 radical (unpaired) electrons. The molecule has 7 heteroatoms. The highest BCUT2D eigenvalue weighted by molar-refractivity contribution is 8.12. The van der Waals surface area contributed by atoms with Crippen molar-refractivity contribution in [2.75, 3.05) is 19.1 Å². The van der Waals surface area contributed by atoms with Crippen LogP contribution in [0.4, 0.5) is 4.79 Å². The van der Waals surface area contributed by atoms with Crippen LogP contribution in [0.1, 0.15) is 19.8 Å². The molecule has 0 atom stereocenters. The first-order chi connectivity index (χ1) is 7.15. The maximum absolute atomic E-state index is 11.4. The molecule has 0 aliphatic rings. The van der Waals surface area contributed by atoms with Gasteiger partial charge in [0.2, 0.25) is 0 Å². The summed E-state index contributed by atoms with van der Waals surface area (Å²) in [6.07, 6.45) is 5.50. The Kier molecular flexibility index (Phi) is 8.40. The third-order valence-corrected chi connectivity index (χ3v) is 3.31. The number of ether oxygens (including phenoxy) is 1. The Labute approximate surface area is 99.1 Å². The molecule has 0 unspecified atom stereocenters. The van der Waals surface area contributed by atoms with E-state index in [-0.39, 0.29) is 6.02 Å². The zero-order chi connectivity index (χ0) is 11.7. The predicted octanol–water partition coefficient (Wildman–Crippen LogP) is 2.10. The maximum atomic E-state index is 11.4. The number of aliphatic imine (C=N–C) groups is 1. The summed E-state index contributed by atoms with van der Waals surface area (Å²) in [4.78, 5) is 15.0. The van der Waals surface area contributed by atoms with Crippen LogP contribution in [0.15, 0.2) is 4.99 Å². The number of hydrogen-bond donors (Lipinski definition) is 1. The fourth-order valence-electron chi connectivity index (χ4n) is 0.719. The summed E-state index contributed by atoms with van der Waals surface area (Å²) in [6.45, 7) is 2.54. The lowest BCUT2D eigenvalue weighted by Crippen LogP contribution is -2.22. The van der Waals surface area contributed by atoms with Crippen LogP contribution < -0.4 is 5.73 Å². The molecule has 0 aliphatic heterocycles. The van der Waals surface area contributed by atoms with Crippen molar-refractivity contribution in [2.45, 2.75) is 19.8 Å². The van der Waals surface area contributed by atoms with Crippen molar-refractivity contribution in [3.8, 4) is 0 Å². The molecule has 0 saturated heterocycles. The van der Waals surface area contributed by atoms with Gasteiger partial charge in [0, 0.05) is 12.5 Å². The molecule has 0 rings (SSSR count). The van der Waals surface area contributed by atoms with Gasteiger partial charge in [-0.3, -0.25) is 0 Å². The largest absolute Gasteiger partial charge is 0.465 e. The SMILES string of the molecule is CCCCO/C(N)=N\C(=O)N(SC)SC. The second-order valence-corrected chi connectivity index (χ2v) is 4.25. The second-order valence-electron chi connectivity index (χ2n) is 2.56. The summed E-state index contributed by atoms with van der Waals surface area (Å²) >= 11 is 2.55. The van der Waals surface area contributed by atoms with E-state index in [4.69, 9.17) is 10.5 Å². The molecule has 0 bridgehead atoms. The number of amides is 2. The number of carbonyl (C=O) groups excluding carboxylic acids is 1. The summed E-state index contributed by atoms with van der Waals surface area (Å²) < 4.78 is 6.47. The number of nitrogens with two attached hydrogens (primary N) is 1. The fourth-order valence-corrected chi connectivity index (χ4v) is 1.71. The lowest BCUT2D eigenvalue weighted by atomic mass is 10.4. The van der Waals surface area contributed by atoms with Crippen LogP contribution in [0.3, 0.4) is 0 Å². The molecule has 0 saturated carbocycles. The summed E-state index contributed by atoms with van der Waals surface area (Å²) in [6, 6.07) is -0.481. The number of hydrogen-bond acceptors (Lipinski definition) is 4. The van der Waals surface area contributed by atoms with E-state index in [0.717, 1.165) is 12.8 Å². The first-order valence-corrected chi connectivity index (χ1v) is 6.91. The van der Waals surface area contributed by atoms with Gasteiger partial charge in [0.25, 0.3) is 6.02 Å². The average Bonchev–Trinajstić information content (AvgIpc) is 2.20. The first-order valence-electron chi connectivity index (χ1n) is 4.55. The van der Waals surface area contributed by atoms with E-state index in [9.17, 15) is 4.79 Å². The average molecular weight is 251 g/mol. The van der Waals surface area contributed by atoms with Crippen LogP contribution in [0.2, 0.25) is 0 Å². The van der Waals surface area contributed by atoms with E-state index in [1.165, 1.54) is 27.6 Å². The quantitative estimate of drug-likeness (QED) is 0.351. The Hall–Kier alpha value is -0.560. The second kappa shape index (κ2) is 8.72. The molecule has 0 heterocycles. The minimum absolute atomic E-state index is 0.0680. The van der Waals surface area contributed by atoms with E-state index in [0.29, 0.717) is 6.61 Å². The standard InChI is InChI=1S/C8H17N3O2S2/c1-4-5-6-13-7(9)10-8(12)11(14-2)15-3/h4-6H2,1-3H3,(H2,9,10,12). The number of rotatable bonds is 5. The highest BCUT2D eigenvalue weighted by Gasteiger charge is 2.10. The summed E-state index contributed by atoms with van der Waals surface area (Å²) in [5, 5.41) is 0. The Morgan fingerprint density at radius 3 is 2.53 bits per heavy atom. The van der Waals surface area contributed by atoms with Crippen LogP contribution in [0.5, 0.6) is 0 Å². The van der Waals surface area contributed by atoms with Gasteiger partial charge >= 0.3 is 6.03 Å². The van der Waals surface area contributed by atoms with Crippen molar-refractivity contribution < 1.29 is 9.53 Å². The minimum atomic E-state index is -0.413. The van der Waals surface area contributed by atoms with Crippen LogP contribution in [0, 0.1) is 0 Å². The van der Waals surface area contributed by atoms with Crippen LogP contribution in [-0.2, 0) is 4.74 Å². The molecule has 88 valence electrons. The molecule has 0 aromatic heterocycles. The summed E-state index contributed by atoms with van der Waals surface area (Å²) in [5.74, 6) is 0. The molecule has 5 nitrogen and oxygen atoms in total. The van der Waals surface area contributed by atoms with Gasteiger partial charge in [0.1, 0.15) is 0 Å². The molecular weight excluding hydrogens is 234 g/mol. The predicted molar refractivity (Wildman–Crippen MR) is 66.7 cm³/mol. The maximum Gasteiger partial charge on any atom is 0.368 e. The topological polar surface area (TPSA) is 67.9 Å². The van der Waals surface area contributed by atoms with Crippen molar-refractivity contribution in [3.05, 3.63) is 0 Å². The Morgan fingerprint density at radius 2 is 2.07 bits per heavy atom. The smallest absolute Gasteiger partial charge is 0.368 e. The van der Waals surface area contributed by atoms with Gasteiger partial charge in [-0.25, -0.2) is 8.51 Å². The van der Waals surface area contributed by atoms with Crippen LogP contribution >= 0.6 is 23.9 Å². The highest BCUT2D eigenvalue weighted by Crippen LogP contribution is 2.17. The van der Waals surface area contributed by atoms with Gasteiger partial charge in [-0.2, -0.15) is 0 Å². The van der Waals surface area contributed by atoms with E-state index in [2.05, 4.69) is 4.99 Å². The van der Waals surface area contributed by atoms with E-state index in [1.54, 1.807) is 12.5 Å². The summed E-state index contributed by atoms with van der Waals surface area (Å²) in [7, 11) is 0. The number of unbranched alkanes of at least 4 members (excludes halogenated alkanes) is 1. The highest BCUT2D eigenvalue weighted by atomic mass is 32.2. The zero-order valence-electron chi connectivity index (χ0n) is 9.23. The first kappa shape index (κ1) is 14.4. The molecule has 15 heavy (non-hydrogen) atoms. The Balaban J connectivity index is 4.04. The lowest BCUT2D eigenvalue weighted by Gasteiger charge is -2.12. The summed E-state index contributed by atoms with van der Waals surface area (Å²) in [5.41, 5.74) is 5.42. The van der Waals surface area contributed by atoms with Crippen molar-refractivity contribution in [2.24, 2.45) is 10.7 Å². The number of urea groups is 1. The van der Waals surface area contributed by atoms with Crippen molar-refractivity contribution in [3.63, 3.8) is 0 Å². The monoisotopic (exact) mass is 251 g/mol. The molecule has 0 fully saturated rings. The molecule has 2 N–H and O–H groups in total. The number of amidine groups is 1. The van der Waals surface area contributed by atoms with Crippen LogP contribution in [0.25, 0.3) is 0 Å². The van der Waals surface area contributed by atoms with Gasteiger partial charge in [-0.15, -0.1) is 4.99 Å². The third kappa shape index (κ3) is 6.51. The molecule has 0 spiro atoms. The minimum Gasteiger partial charge on any atom is -0.465 e.